The smallest absolute Gasteiger partial charge is 0.240 e. The fourth-order valence-corrected chi connectivity index (χ4v) is 1.71. The molecule has 0 spiro atoms. The Bertz CT molecular complexity index is 223. The van der Waals surface area contributed by atoms with Gasteiger partial charge in [0.25, 0.3) is 0 Å². The molecule has 0 radical (unpaired) electrons. The van der Waals surface area contributed by atoms with Gasteiger partial charge in [-0.2, -0.15) is 0 Å². The normalized spacial score (nSPS) is 36.4. The highest BCUT2D eigenvalue weighted by Crippen LogP contribution is 2.34. The third-order valence-corrected chi connectivity index (χ3v) is 2.51. The third-order valence-electron chi connectivity index (χ3n) is 2.51. The summed E-state index contributed by atoms with van der Waals surface area (Å²) >= 11 is 0. The maximum atomic E-state index is 10.9. The first-order valence-electron chi connectivity index (χ1n) is 4.23. The quantitative estimate of drug-likeness (QED) is 0.529. The van der Waals surface area contributed by atoms with Gasteiger partial charge in [0, 0.05) is 6.04 Å². The molecule has 2 amide bonds. The second kappa shape index (κ2) is 2.55. The predicted molar refractivity (Wildman–Crippen MR) is 42.3 cm³/mol. The van der Waals surface area contributed by atoms with E-state index in [0.717, 1.165) is 6.42 Å². The van der Waals surface area contributed by atoms with Crippen LogP contribution in [0.5, 0.6) is 0 Å². The van der Waals surface area contributed by atoms with Crippen LogP contribution in [0.1, 0.15) is 13.3 Å². The van der Waals surface area contributed by atoms with Crippen molar-refractivity contribution < 1.29 is 9.59 Å². The first-order chi connectivity index (χ1) is 5.66. The van der Waals surface area contributed by atoms with Crippen LogP contribution in [0.4, 0.5) is 0 Å². The zero-order valence-electron chi connectivity index (χ0n) is 7.04. The van der Waals surface area contributed by atoms with Gasteiger partial charge in [-0.05, 0) is 12.3 Å². The molecule has 4 nitrogen and oxygen atoms in total. The van der Waals surface area contributed by atoms with Crippen LogP contribution >= 0.6 is 0 Å². The van der Waals surface area contributed by atoms with Crippen molar-refractivity contribution in [2.75, 3.05) is 13.1 Å². The number of hydrogen-bond donors (Lipinski definition) is 1. The SMILES string of the molecule is CC1CC1N1CC(=O)NC(=O)C1. The molecule has 12 heavy (non-hydrogen) atoms. The molecule has 2 unspecified atom stereocenters. The van der Waals surface area contributed by atoms with E-state index in [1.165, 1.54) is 0 Å². The second-order valence-corrected chi connectivity index (χ2v) is 3.66. The molecule has 2 atom stereocenters. The van der Waals surface area contributed by atoms with Gasteiger partial charge in [0.2, 0.25) is 11.8 Å². The molecule has 4 heteroatoms. The Balaban J connectivity index is 1.98. The molecule has 0 aromatic rings. The summed E-state index contributed by atoms with van der Waals surface area (Å²) in [5.74, 6) is 0.333. The van der Waals surface area contributed by atoms with Crippen molar-refractivity contribution in [2.45, 2.75) is 19.4 Å². The van der Waals surface area contributed by atoms with Gasteiger partial charge in [-0.1, -0.05) is 6.92 Å². The maximum Gasteiger partial charge on any atom is 0.240 e. The van der Waals surface area contributed by atoms with E-state index in [1.54, 1.807) is 0 Å². The van der Waals surface area contributed by atoms with E-state index in [-0.39, 0.29) is 11.8 Å². The van der Waals surface area contributed by atoms with Crippen molar-refractivity contribution >= 4 is 11.8 Å². The highest BCUT2D eigenvalue weighted by molar-refractivity contribution is 5.99. The summed E-state index contributed by atoms with van der Waals surface area (Å²) in [4.78, 5) is 23.9. The molecule has 2 rings (SSSR count). The van der Waals surface area contributed by atoms with E-state index in [1.807, 2.05) is 4.90 Å². The summed E-state index contributed by atoms with van der Waals surface area (Å²) in [6.45, 7) is 2.92. The van der Waals surface area contributed by atoms with Crippen molar-refractivity contribution in [3.63, 3.8) is 0 Å². The highest BCUT2D eigenvalue weighted by Gasteiger charge is 2.41. The summed E-state index contributed by atoms with van der Waals surface area (Å²) in [6, 6.07) is 0.472. The Morgan fingerprint density at radius 3 is 2.25 bits per heavy atom. The van der Waals surface area contributed by atoms with Gasteiger partial charge >= 0.3 is 0 Å². The molecule has 0 aromatic heterocycles. The van der Waals surface area contributed by atoms with Gasteiger partial charge < -0.3 is 0 Å². The minimum absolute atomic E-state index is 0.162. The highest BCUT2D eigenvalue weighted by atomic mass is 16.2. The molecule has 1 saturated heterocycles. The minimum Gasteiger partial charge on any atom is -0.294 e. The van der Waals surface area contributed by atoms with Crippen LogP contribution in [-0.4, -0.2) is 35.8 Å². The first-order valence-corrected chi connectivity index (χ1v) is 4.23. The molecule has 2 fully saturated rings. The zero-order chi connectivity index (χ0) is 8.72. The van der Waals surface area contributed by atoms with Gasteiger partial charge in [-0.15, -0.1) is 0 Å². The van der Waals surface area contributed by atoms with Crippen molar-refractivity contribution in [3.8, 4) is 0 Å². The summed E-state index contributed by atoms with van der Waals surface area (Å²) < 4.78 is 0. The summed E-state index contributed by atoms with van der Waals surface area (Å²) in [5, 5.41) is 2.29. The second-order valence-electron chi connectivity index (χ2n) is 3.66. The van der Waals surface area contributed by atoms with Gasteiger partial charge in [-0.3, -0.25) is 19.8 Å². The Morgan fingerprint density at radius 1 is 1.33 bits per heavy atom. The fraction of sp³-hybridized carbons (Fsp3) is 0.750. The van der Waals surface area contributed by atoms with Crippen LogP contribution in [0.2, 0.25) is 0 Å². The van der Waals surface area contributed by atoms with Crippen LogP contribution in [0.25, 0.3) is 0 Å². The molecule has 1 N–H and O–H groups in total. The fourth-order valence-electron chi connectivity index (χ4n) is 1.71. The Labute approximate surface area is 70.9 Å². The minimum atomic E-state index is -0.162. The lowest BCUT2D eigenvalue weighted by Gasteiger charge is -2.25. The molecule has 1 aliphatic carbocycles. The van der Waals surface area contributed by atoms with Crippen LogP contribution < -0.4 is 5.32 Å². The monoisotopic (exact) mass is 168 g/mol. The summed E-state index contributed by atoms with van der Waals surface area (Å²) in [7, 11) is 0. The largest absolute Gasteiger partial charge is 0.294 e. The van der Waals surface area contributed by atoms with Crippen molar-refractivity contribution in [2.24, 2.45) is 5.92 Å². The lowest BCUT2D eigenvalue weighted by molar-refractivity contribution is -0.136. The van der Waals surface area contributed by atoms with Crippen LogP contribution in [-0.2, 0) is 9.59 Å². The number of carbonyl (C=O) groups excluding carboxylic acids is 2. The van der Waals surface area contributed by atoms with E-state index in [2.05, 4.69) is 12.2 Å². The molecule has 1 heterocycles. The zero-order valence-corrected chi connectivity index (χ0v) is 7.04. The number of carbonyl (C=O) groups is 2. The number of imide groups is 1. The van der Waals surface area contributed by atoms with Crippen LogP contribution in [0, 0.1) is 5.92 Å². The molecule has 66 valence electrons. The summed E-state index contributed by atoms with van der Waals surface area (Å²) in [5.41, 5.74) is 0. The predicted octanol–water partition coefficient (Wildman–Crippen LogP) is -0.647. The van der Waals surface area contributed by atoms with E-state index in [9.17, 15) is 9.59 Å². The first kappa shape index (κ1) is 7.73. The number of piperazine rings is 1. The van der Waals surface area contributed by atoms with Crippen molar-refractivity contribution in [1.29, 1.82) is 0 Å². The van der Waals surface area contributed by atoms with E-state index < -0.39 is 0 Å². The third kappa shape index (κ3) is 1.34. The standard InChI is InChI=1S/C8H12N2O2/c1-5-2-6(5)10-3-7(11)9-8(12)4-10/h5-6H,2-4H2,1H3,(H,9,11,12). The van der Waals surface area contributed by atoms with Crippen molar-refractivity contribution in [3.05, 3.63) is 0 Å². The van der Waals surface area contributed by atoms with Gasteiger partial charge in [-0.25, -0.2) is 0 Å². The molecule has 1 aliphatic heterocycles. The molecular formula is C8H12N2O2. The summed E-state index contributed by atoms with van der Waals surface area (Å²) in [6.07, 6.45) is 1.13. The lowest BCUT2D eigenvalue weighted by atomic mass is 10.3. The molecular weight excluding hydrogens is 156 g/mol. The number of hydrogen-bond acceptors (Lipinski definition) is 3. The van der Waals surface area contributed by atoms with Gasteiger partial charge in [0.15, 0.2) is 0 Å². The topological polar surface area (TPSA) is 49.4 Å². The molecule has 0 bridgehead atoms. The van der Waals surface area contributed by atoms with Crippen LogP contribution in [0.15, 0.2) is 0 Å². The molecule has 1 saturated carbocycles. The molecule has 2 aliphatic rings. The van der Waals surface area contributed by atoms with Gasteiger partial charge in [0.1, 0.15) is 0 Å². The maximum absolute atomic E-state index is 10.9. The average molecular weight is 168 g/mol. The Morgan fingerprint density at radius 2 is 1.83 bits per heavy atom. The van der Waals surface area contributed by atoms with E-state index >= 15 is 0 Å². The van der Waals surface area contributed by atoms with Crippen molar-refractivity contribution in [1.82, 2.24) is 10.2 Å². The van der Waals surface area contributed by atoms with E-state index in [4.69, 9.17) is 0 Å². The molecule has 0 aromatic carbocycles. The number of nitrogens with one attached hydrogen (secondary N) is 1. The number of rotatable bonds is 1. The Hall–Kier alpha value is -0.900. The van der Waals surface area contributed by atoms with Crippen LogP contribution in [0.3, 0.4) is 0 Å². The average Bonchev–Trinajstić information content (AvgIpc) is 2.64. The van der Waals surface area contributed by atoms with Gasteiger partial charge in [0.05, 0.1) is 13.1 Å². The van der Waals surface area contributed by atoms with E-state index in [0.29, 0.717) is 25.0 Å². The number of nitrogens with zero attached hydrogens (tertiary/aromatic N) is 1. The lowest BCUT2D eigenvalue weighted by Crippen LogP contribution is -2.52. The Kier molecular flexibility index (Phi) is 1.65. The number of amides is 2.